The number of hydrogen-bond donors (Lipinski definition) is 0. The molecule has 0 bridgehead atoms. The smallest absolute Gasteiger partial charge is 0.253 e. The van der Waals surface area contributed by atoms with E-state index in [-0.39, 0.29) is 12.0 Å². The lowest BCUT2D eigenvalue weighted by molar-refractivity contribution is 0.0460. The van der Waals surface area contributed by atoms with Crippen LogP contribution in [0.25, 0.3) is 0 Å². The van der Waals surface area contributed by atoms with Crippen LogP contribution in [0.4, 0.5) is 0 Å². The zero-order valence-electron chi connectivity index (χ0n) is 11.5. The molecule has 1 aliphatic heterocycles. The molecule has 1 heterocycles. The maximum atomic E-state index is 12.5. The van der Waals surface area contributed by atoms with Gasteiger partial charge in [0.2, 0.25) is 0 Å². The lowest BCUT2D eigenvalue weighted by Gasteiger charge is -2.23. The fraction of sp³-hybridized carbons (Fsp3) is 0.533. The van der Waals surface area contributed by atoms with Gasteiger partial charge in [-0.15, -0.1) is 0 Å². The Morgan fingerprint density at radius 3 is 3.00 bits per heavy atom. The van der Waals surface area contributed by atoms with Gasteiger partial charge in [-0.05, 0) is 37.5 Å². The molecule has 1 fully saturated rings. The summed E-state index contributed by atoms with van der Waals surface area (Å²) in [5, 5.41) is 0. The maximum absolute atomic E-state index is 12.5. The summed E-state index contributed by atoms with van der Waals surface area (Å²) in [7, 11) is 0. The first-order valence-corrected chi connectivity index (χ1v) is 7.58. The highest BCUT2D eigenvalue weighted by molar-refractivity contribution is 9.10. The number of carbonyl (C=O) groups is 1. The first kappa shape index (κ1) is 14.5. The van der Waals surface area contributed by atoms with Gasteiger partial charge in [0.25, 0.3) is 5.91 Å². The van der Waals surface area contributed by atoms with Gasteiger partial charge in [-0.2, -0.15) is 0 Å². The van der Waals surface area contributed by atoms with Crippen LogP contribution in [0.5, 0.6) is 0 Å². The van der Waals surface area contributed by atoms with E-state index in [1.165, 1.54) is 0 Å². The zero-order valence-corrected chi connectivity index (χ0v) is 13.1. The number of carbonyl (C=O) groups excluding carboxylic acids is 1. The number of hydrogen-bond acceptors (Lipinski definition) is 2. The predicted octanol–water partition coefficient (Wildman–Crippen LogP) is 3.40. The van der Waals surface area contributed by atoms with Crippen LogP contribution in [0.15, 0.2) is 22.7 Å². The number of ether oxygens (including phenoxy) is 1. The molecule has 1 aromatic carbocycles. The van der Waals surface area contributed by atoms with E-state index in [9.17, 15) is 4.79 Å². The second kappa shape index (κ2) is 6.53. The van der Waals surface area contributed by atoms with Crippen LogP contribution in [-0.4, -0.2) is 36.6 Å². The SMILES string of the molecule is CCC1CN(C(=O)c2ccc(C)c(Br)c2)CCCO1. The fourth-order valence-electron chi connectivity index (χ4n) is 2.24. The predicted molar refractivity (Wildman–Crippen MR) is 79.4 cm³/mol. The summed E-state index contributed by atoms with van der Waals surface area (Å²) in [4.78, 5) is 14.4. The third-order valence-electron chi connectivity index (χ3n) is 3.51. The van der Waals surface area contributed by atoms with E-state index in [2.05, 4.69) is 22.9 Å². The third-order valence-corrected chi connectivity index (χ3v) is 4.37. The summed E-state index contributed by atoms with van der Waals surface area (Å²) in [6.45, 7) is 6.34. The lowest BCUT2D eigenvalue weighted by Crippen LogP contribution is -2.36. The summed E-state index contributed by atoms with van der Waals surface area (Å²) < 4.78 is 6.69. The molecule has 104 valence electrons. The summed E-state index contributed by atoms with van der Waals surface area (Å²) in [6.07, 6.45) is 2.02. The molecule has 0 aliphatic carbocycles. The molecule has 1 aliphatic rings. The largest absolute Gasteiger partial charge is 0.376 e. The van der Waals surface area contributed by atoms with Crippen LogP contribution in [0.1, 0.15) is 35.7 Å². The van der Waals surface area contributed by atoms with E-state index in [1.54, 1.807) is 0 Å². The second-order valence-corrected chi connectivity index (χ2v) is 5.82. The standard InChI is InChI=1S/C15H20BrNO2/c1-3-13-10-17(7-4-8-19-13)15(18)12-6-5-11(2)14(16)9-12/h5-6,9,13H,3-4,7-8,10H2,1-2H3. The molecule has 1 unspecified atom stereocenters. The Morgan fingerprint density at radius 1 is 1.53 bits per heavy atom. The Kier molecular flexibility index (Phi) is 4.99. The van der Waals surface area contributed by atoms with Gasteiger partial charge in [0.15, 0.2) is 0 Å². The highest BCUT2D eigenvalue weighted by Crippen LogP contribution is 2.19. The molecule has 0 saturated carbocycles. The summed E-state index contributed by atoms with van der Waals surface area (Å²) in [5.41, 5.74) is 1.89. The van der Waals surface area contributed by atoms with Crippen molar-refractivity contribution in [1.29, 1.82) is 0 Å². The molecule has 19 heavy (non-hydrogen) atoms. The van der Waals surface area contributed by atoms with E-state index < -0.39 is 0 Å². The van der Waals surface area contributed by atoms with E-state index in [0.717, 1.165) is 41.6 Å². The molecular weight excluding hydrogens is 306 g/mol. The van der Waals surface area contributed by atoms with Crippen LogP contribution in [0.3, 0.4) is 0 Å². The van der Waals surface area contributed by atoms with E-state index in [4.69, 9.17) is 4.74 Å². The van der Waals surface area contributed by atoms with E-state index in [1.807, 2.05) is 30.0 Å². The number of aryl methyl sites for hydroxylation is 1. The van der Waals surface area contributed by atoms with Crippen molar-refractivity contribution in [3.05, 3.63) is 33.8 Å². The van der Waals surface area contributed by atoms with Gasteiger partial charge < -0.3 is 9.64 Å². The Balaban J connectivity index is 2.15. The van der Waals surface area contributed by atoms with Crippen LogP contribution in [-0.2, 0) is 4.74 Å². The molecule has 3 nitrogen and oxygen atoms in total. The molecule has 1 saturated heterocycles. The molecule has 1 amide bonds. The minimum Gasteiger partial charge on any atom is -0.376 e. The molecule has 0 radical (unpaired) electrons. The molecule has 0 N–H and O–H groups in total. The van der Waals surface area contributed by atoms with Gasteiger partial charge in [-0.25, -0.2) is 0 Å². The lowest BCUT2D eigenvalue weighted by atomic mass is 10.1. The van der Waals surface area contributed by atoms with Crippen molar-refractivity contribution in [1.82, 2.24) is 4.90 Å². The number of halogens is 1. The van der Waals surface area contributed by atoms with Crippen molar-refractivity contribution < 1.29 is 9.53 Å². The molecule has 1 atom stereocenters. The molecule has 0 spiro atoms. The number of benzene rings is 1. The maximum Gasteiger partial charge on any atom is 0.253 e. The van der Waals surface area contributed by atoms with Gasteiger partial charge >= 0.3 is 0 Å². The molecule has 1 aromatic rings. The van der Waals surface area contributed by atoms with Gasteiger partial charge in [-0.1, -0.05) is 28.9 Å². The monoisotopic (exact) mass is 325 g/mol. The fourth-order valence-corrected chi connectivity index (χ4v) is 2.61. The van der Waals surface area contributed by atoms with Crippen LogP contribution < -0.4 is 0 Å². The summed E-state index contributed by atoms with van der Waals surface area (Å²) in [6, 6.07) is 5.78. The Labute approximate surface area is 123 Å². The normalized spacial score (nSPS) is 20.2. The first-order chi connectivity index (χ1) is 9.11. The topological polar surface area (TPSA) is 29.5 Å². The van der Waals surface area contributed by atoms with Crippen molar-refractivity contribution in [3.8, 4) is 0 Å². The van der Waals surface area contributed by atoms with Crippen molar-refractivity contribution in [2.45, 2.75) is 32.8 Å². The zero-order chi connectivity index (χ0) is 13.8. The molecule has 0 aromatic heterocycles. The molecular formula is C15H20BrNO2. The first-order valence-electron chi connectivity index (χ1n) is 6.79. The molecule has 4 heteroatoms. The average Bonchev–Trinajstić information content (AvgIpc) is 2.66. The average molecular weight is 326 g/mol. The summed E-state index contributed by atoms with van der Waals surface area (Å²) >= 11 is 3.48. The van der Waals surface area contributed by atoms with E-state index in [0.29, 0.717) is 6.54 Å². The van der Waals surface area contributed by atoms with Gasteiger partial charge in [0.05, 0.1) is 6.10 Å². The Bertz CT molecular complexity index is 461. The Hall–Kier alpha value is -0.870. The van der Waals surface area contributed by atoms with Crippen molar-refractivity contribution in [3.63, 3.8) is 0 Å². The van der Waals surface area contributed by atoms with Crippen LogP contribution >= 0.6 is 15.9 Å². The second-order valence-electron chi connectivity index (χ2n) is 4.97. The Morgan fingerprint density at radius 2 is 2.32 bits per heavy atom. The highest BCUT2D eigenvalue weighted by Gasteiger charge is 2.22. The van der Waals surface area contributed by atoms with Gasteiger partial charge in [0.1, 0.15) is 0 Å². The minimum absolute atomic E-state index is 0.102. The van der Waals surface area contributed by atoms with Crippen LogP contribution in [0, 0.1) is 6.92 Å². The number of amides is 1. The quantitative estimate of drug-likeness (QED) is 0.834. The van der Waals surface area contributed by atoms with Crippen molar-refractivity contribution in [2.24, 2.45) is 0 Å². The third kappa shape index (κ3) is 3.57. The van der Waals surface area contributed by atoms with Crippen molar-refractivity contribution >= 4 is 21.8 Å². The number of rotatable bonds is 2. The van der Waals surface area contributed by atoms with Crippen LogP contribution in [0.2, 0.25) is 0 Å². The minimum atomic E-state index is 0.102. The van der Waals surface area contributed by atoms with E-state index >= 15 is 0 Å². The highest BCUT2D eigenvalue weighted by atomic mass is 79.9. The van der Waals surface area contributed by atoms with Gasteiger partial charge in [0, 0.05) is 29.7 Å². The summed E-state index contributed by atoms with van der Waals surface area (Å²) in [5.74, 6) is 0.102. The van der Waals surface area contributed by atoms with Crippen molar-refractivity contribution in [2.75, 3.05) is 19.7 Å². The van der Waals surface area contributed by atoms with Gasteiger partial charge in [-0.3, -0.25) is 4.79 Å². The number of nitrogens with zero attached hydrogens (tertiary/aromatic N) is 1. The molecule has 2 rings (SSSR count).